The van der Waals surface area contributed by atoms with Gasteiger partial charge in [-0.25, -0.2) is 0 Å². The zero-order valence-electron chi connectivity index (χ0n) is 19.3. The Morgan fingerprint density at radius 1 is 1.13 bits per heavy atom. The standard InChI is InChI=1S/C23H36N6O2/c1-5-21-28-27-17-29(21)14-13-25-22(24-2)26-16-23(11-7-6-8-12-23)18-9-10-19(30-3)20(15-18)31-4/h9-10,15,17H,5-8,11-14,16H2,1-4H3,(H2,24,25,26). The predicted molar refractivity (Wildman–Crippen MR) is 123 cm³/mol. The smallest absolute Gasteiger partial charge is 0.191 e. The number of hydrogen-bond donors (Lipinski definition) is 2. The Kier molecular flexibility index (Phi) is 8.14. The molecule has 1 aliphatic carbocycles. The van der Waals surface area contributed by atoms with Crippen molar-refractivity contribution in [2.24, 2.45) is 4.99 Å². The fourth-order valence-electron chi connectivity index (χ4n) is 4.47. The zero-order valence-corrected chi connectivity index (χ0v) is 19.3. The lowest BCUT2D eigenvalue weighted by molar-refractivity contribution is 0.288. The minimum atomic E-state index is 0.0546. The lowest BCUT2D eigenvalue weighted by Crippen LogP contribution is -2.47. The van der Waals surface area contributed by atoms with E-state index >= 15 is 0 Å². The summed E-state index contributed by atoms with van der Waals surface area (Å²) in [7, 11) is 5.18. The van der Waals surface area contributed by atoms with Gasteiger partial charge in [0, 0.05) is 38.5 Å². The average Bonchev–Trinajstić information content (AvgIpc) is 3.28. The van der Waals surface area contributed by atoms with Crippen LogP contribution in [0.1, 0.15) is 50.4 Å². The van der Waals surface area contributed by atoms with Crippen molar-refractivity contribution < 1.29 is 9.47 Å². The maximum Gasteiger partial charge on any atom is 0.191 e. The zero-order chi connectivity index (χ0) is 22.1. The highest BCUT2D eigenvalue weighted by atomic mass is 16.5. The van der Waals surface area contributed by atoms with Crippen molar-refractivity contribution in [1.82, 2.24) is 25.4 Å². The van der Waals surface area contributed by atoms with Gasteiger partial charge in [0.05, 0.1) is 14.2 Å². The summed E-state index contributed by atoms with van der Waals surface area (Å²) in [4.78, 5) is 4.43. The van der Waals surface area contributed by atoms with Crippen LogP contribution in [0.25, 0.3) is 0 Å². The third-order valence-electron chi connectivity index (χ3n) is 6.28. The second kappa shape index (κ2) is 11.0. The Morgan fingerprint density at radius 3 is 2.58 bits per heavy atom. The first-order valence-electron chi connectivity index (χ1n) is 11.2. The first-order valence-corrected chi connectivity index (χ1v) is 11.2. The molecule has 0 unspecified atom stereocenters. The number of nitrogens with one attached hydrogen (secondary N) is 2. The van der Waals surface area contributed by atoms with Crippen LogP contribution in [-0.4, -0.2) is 55.1 Å². The van der Waals surface area contributed by atoms with Crippen molar-refractivity contribution in [2.75, 3.05) is 34.4 Å². The highest BCUT2D eigenvalue weighted by Crippen LogP contribution is 2.42. The van der Waals surface area contributed by atoms with Crippen molar-refractivity contribution >= 4 is 5.96 Å². The summed E-state index contributed by atoms with van der Waals surface area (Å²) in [5.41, 5.74) is 1.35. The first kappa shape index (κ1) is 22.9. The molecule has 0 radical (unpaired) electrons. The molecule has 31 heavy (non-hydrogen) atoms. The van der Waals surface area contributed by atoms with Gasteiger partial charge in [-0.3, -0.25) is 4.99 Å². The van der Waals surface area contributed by atoms with Gasteiger partial charge in [0.2, 0.25) is 0 Å². The fourth-order valence-corrected chi connectivity index (χ4v) is 4.47. The van der Waals surface area contributed by atoms with Crippen LogP contribution >= 0.6 is 0 Å². The van der Waals surface area contributed by atoms with Crippen LogP contribution < -0.4 is 20.1 Å². The number of methoxy groups -OCH3 is 2. The van der Waals surface area contributed by atoms with Crippen LogP contribution in [0.5, 0.6) is 11.5 Å². The van der Waals surface area contributed by atoms with Gasteiger partial charge >= 0.3 is 0 Å². The molecule has 1 aromatic heterocycles. The molecule has 0 amide bonds. The molecule has 2 N–H and O–H groups in total. The van der Waals surface area contributed by atoms with E-state index in [4.69, 9.17) is 9.47 Å². The van der Waals surface area contributed by atoms with Gasteiger partial charge in [-0.1, -0.05) is 32.3 Å². The molecular formula is C23H36N6O2. The van der Waals surface area contributed by atoms with Gasteiger partial charge < -0.3 is 24.7 Å². The fraction of sp³-hybridized carbons (Fsp3) is 0.609. The molecule has 170 valence electrons. The molecule has 0 aliphatic heterocycles. The maximum absolute atomic E-state index is 5.57. The molecule has 2 aromatic rings. The van der Waals surface area contributed by atoms with Gasteiger partial charge in [-0.05, 0) is 30.5 Å². The van der Waals surface area contributed by atoms with E-state index in [-0.39, 0.29) is 5.41 Å². The van der Waals surface area contributed by atoms with Crippen molar-refractivity contribution in [2.45, 2.75) is 57.4 Å². The monoisotopic (exact) mass is 428 g/mol. The second-order valence-electron chi connectivity index (χ2n) is 8.06. The lowest BCUT2D eigenvalue weighted by Gasteiger charge is -2.38. The Bertz CT molecular complexity index is 858. The Morgan fingerprint density at radius 2 is 1.90 bits per heavy atom. The molecule has 1 fully saturated rings. The number of rotatable bonds is 9. The van der Waals surface area contributed by atoms with Crippen LogP contribution in [0.2, 0.25) is 0 Å². The van der Waals surface area contributed by atoms with E-state index in [0.29, 0.717) is 0 Å². The molecule has 0 spiro atoms. The Hall–Kier alpha value is -2.77. The molecule has 1 saturated carbocycles. The van der Waals surface area contributed by atoms with E-state index in [1.54, 1.807) is 20.5 Å². The van der Waals surface area contributed by atoms with Gasteiger partial charge in [0.25, 0.3) is 0 Å². The quantitative estimate of drug-likeness (QED) is 0.472. The highest BCUT2D eigenvalue weighted by molar-refractivity contribution is 5.79. The summed E-state index contributed by atoms with van der Waals surface area (Å²) in [5.74, 6) is 3.37. The average molecular weight is 429 g/mol. The molecule has 3 rings (SSSR count). The molecule has 1 aliphatic rings. The van der Waals surface area contributed by atoms with Gasteiger partial charge in [-0.15, -0.1) is 10.2 Å². The largest absolute Gasteiger partial charge is 0.493 e. The third-order valence-corrected chi connectivity index (χ3v) is 6.28. The van der Waals surface area contributed by atoms with E-state index in [1.165, 1.54) is 24.8 Å². The van der Waals surface area contributed by atoms with E-state index in [9.17, 15) is 0 Å². The van der Waals surface area contributed by atoms with Crippen LogP contribution in [0, 0.1) is 0 Å². The van der Waals surface area contributed by atoms with Gasteiger partial charge in [-0.2, -0.15) is 0 Å². The molecule has 1 heterocycles. The van der Waals surface area contributed by atoms with E-state index in [2.05, 4.69) is 49.4 Å². The third kappa shape index (κ3) is 5.48. The number of aromatic nitrogens is 3. The minimum Gasteiger partial charge on any atom is -0.493 e. The summed E-state index contributed by atoms with van der Waals surface area (Å²) >= 11 is 0. The highest BCUT2D eigenvalue weighted by Gasteiger charge is 2.34. The number of aryl methyl sites for hydroxylation is 1. The molecule has 8 heteroatoms. The molecule has 0 atom stereocenters. The maximum atomic E-state index is 5.57. The second-order valence-corrected chi connectivity index (χ2v) is 8.06. The topological polar surface area (TPSA) is 85.6 Å². The number of ether oxygens (including phenoxy) is 2. The van der Waals surface area contributed by atoms with E-state index in [0.717, 1.165) is 62.2 Å². The molecule has 1 aromatic carbocycles. The summed E-state index contributed by atoms with van der Waals surface area (Å²) < 4.78 is 13.1. The molecule has 8 nitrogen and oxygen atoms in total. The van der Waals surface area contributed by atoms with Crippen molar-refractivity contribution in [3.05, 3.63) is 35.9 Å². The lowest BCUT2D eigenvalue weighted by atomic mass is 9.69. The number of guanidine groups is 1. The van der Waals surface area contributed by atoms with Crippen molar-refractivity contribution in [3.8, 4) is 11.5 Å². The van der Waals surface area contributed by atoms with Gasteiger partial charge in [0.1, 0.15) is 12.2 Å². The normalized spacial score (nSPS) is 16.1. The molecule has 0 bridgehead atoms. The Balaban J connectivity index is 1.66. The van der Waals surface area contributed by atoms with E-state index < -0.39 is 0 Å². The number of hydrogen-bond acceptors (Lipinski definition) is 5. The van der Waals surface area contributed by atoms with Crippen LogP contribution in [0.3, 0.4) is 0 Å². The summed E-state index contributed by atoms with van der Waals surface area (Å²) in [6.45, 7) is 4.48. The minimum absolute atomic E-state index is 0.0546. The number of benzene rings is 1. The summed E-state index contributed by atoms with van der Waals surface area (Å²) in [5, 5.41) is 15.1. The van der Waals surface area contributed by atoms with Crippen LogP contribution in [-0.2, 0) is 18.4 Å². The number of aliphatic imine (C=N–C) groups is 1. The van der Waals surface area contributed by atoms with Crippen LogP contribution in [0.4, 0.5) is 0 Å². The summed E-state index contributed by atoms with van der Waals surface area (Å²) in [6.07, 6.45) is 8.71. The predicted octanol–water partition coefficient (Wildman–Crippen LogP) is 2.92. The van der Waals surface area contributed by atoms with E-state index in [1.807, 2.05) is 13.1 Å². The number of nitrogens with zero attached hydrogens (tertiary/aromatic N) is 4. The molecule has 0 saturated heterocycles. The SMILES string of the molecule is CCc1nncn1CCNC(=NC)NCC1(c2ccc(OC)c(OC)c2)CCCCC1. The van der Waals surface area contributed by atoms with Crippen molar-refractivity contribution in [1.29, 1.82) is 0 Å². The summed E-state index contributed by atoms with van der Waals surface area (Å²) in [6, 6.07) is 6.34. The van der Waals surface area contributed by atoms with Crippen molar-refractivity contribution in [3.63, 3.8) is 0 Å². The molecular weight excluding hydrogens is 392 g/mol. The first-order chi connectivity index (χ1) is 15.2. The van der Waals surface area contributed by atoms with Gasteiger partial charge in [0.15, 0.2) is 17.5 Å². The Labute approximate surface area is 185 Å². The van der Waals surface area contributed by atoms with Crippen LogP contribution in [0.15, 0.2) is 29.5 Å².